The summed E-state index contributed by atoms with van der Waals surface area (Å²) in [6.07, 6.45) is 1.14. The number of benzene rings is 1. The van der Waals surface area contributed by atoms with Crippen LogP contribution < -0.4 is 5.32 Å². The molecule has 0 bridgehead atoms. The Bertz CT molecular complexity index is 583. The first-order valence-electron chi connectivity index (χ1n) is 6.12. The van der Waals surface area contributed by atoms with Crippen molar-refractivity contribution < 1.29 is 0 Å². The summed E-state index contributed by atoms with van der Waals surface area (Å²) in [6, 6.07) is 10.6. The van der Waals surface area contributed by atoms with Gasteiger partial charge in [0.2, 0.25) is 0 Å². The van der Waals surface area contributed by atoms with Gasteiger partial charge in [-0.1, -0.05) is 23.2 Å². The van der Waals surface area contributed by atoms with Gasteiger partial charge in [-0.2, -0.15) is 0 Å². The van der Waals surface area contributed by atoms with Gasteiger partial charge in [0.1, 0.15) is 0 Å². The molecule has 19 heavy (non-hydrogen) atoms. The molecule has 0 saturated carbocycles. The lowest BCUT2D eigenvalue weighted by Gasteiger charge is -2.26. The fourth-order valence-electron chi connectivity index (χ4n) is 2.25. The Balaban J connectivity index is 1.74. The SMILES string of the molecule is Clc1ccc2c(c1)C(NCc1ccc(Cl)s1)CCS2. The number of thioether (sulfide) groups is 1. The van der Waals surface area contributed by atoms with E-state index in [2.05, 4.69) is 23.5 Å². The molecule has 3 rings (SSSR count). The van der Waals surface area contributed by atoms with Crippen LogP contribution in [0.2, 0.25) is 9.36 Å². The second kappa shape index (κ2) is 6.06. The first-order chi connectivity index (χ1) is 9.22. The molecule has 0 saturated heterocycles. The van der Waals surface area contributed by atoms with Crippen molar-refractivity contribution in [2.45, 2.75) is 23.9 Å². The number of nitrogens with one attached hydrogen (secondary N) is 1. The molecular weight excluding hydrogens is 317 g/mol. The lowest BCUT2D eigenvalue weighted by atomic mass is 10.0. The van der Waals surface area contributed by atoms with E-state index in [4.69, 9.17) is 23.2 Å². The number of hydrogen-bond acceptors (Lipinski definition) is 3. The zero-order valence-electron chi connectivity index (χ0n) is 10.2. The molecule has 1 N–H and O–H groups in total. The molecule has 1 aliphatic heterocycles. The standard InChI is InChI=1S/C14H13Cl2NS2/c15-9-1-3-13-11(7-9)12(5-6-18-13)17-8-10-2-4-14(16)19-10/h1-4,7,12,17H,5-6,8H2. The summed E-state index contributed by atoms with van der Waals surface area (Å²) >= 11 is 15.6. The summed E-state index contributed by atoms with van der Waals surface area (Å²) in [5, 5.41) is 4.43. The fraction of sp³-hybridized carbons (Fsp3) is 0.286. The Kier molecular flexibility index (Phi) is 4.40. The van der Waals surface area contributed by atoms with Crippen LogP contribution in [0.5, 0.6) is 0 Å². The molecule has 1 unspecified atom stereocenters. The maximum Gasteiger partial charge on any atom is 0.0931 e. The molecule has 0 radical (unpaired) electrons. The molecule has 2 heterocycles. The van der Waals surface area contributed by atoms with Crippen LogP contribution in [-0.2, 0) is 6.54 Å². The molecule has 1 nitrogen and oxygen atoms in total. The predicted octanol–water partition coefficient (Wildman–Crippen LogP) is 5.38. The van der Waals surface area contributed by atoms with Crippen LogP contribution in [0.4, 0.5) is 0 Å². The van der Waals surface area contributed by atoms with E-state index in [9.17, 15) is 0 Å². The largest absolute Gasteiger partial charge is 0.305 e. The maximum absolute atomic E-state index is 6.11. The summed E-state index contributed by atoms with van der Waals surface area (Å²) in [5.74, 6) is 1.15. The van der Waals surface area contributed by atoms with Crippen LogP contribution in [0.3, 0.4) is 0 Å². The molecule has 5 heteroatoms. The molecule has 0 spiro atoms. The van der Waals surface area contributed by atoms with Crippen LogP contribution >= 0.6 is 46.3 Å². The van der Waals surface area contributed by atoms with Gasteiger partial charge in [-0.05, 0) is 48.1 Å². The van der Waals surface area contributed by atoms with E-state index in [1.807, 2.05) is 23.9 Å². The number of hydrogen-bond donors (Lipinski definition) is 1. The van der Waals surface area contributed by atoms with E-state index in [1.165, 1.54) is 15.3 Å². The van der Waals surface area contributed by atoms with Crippen LogP contribution in [0.15, 0.2) is 35.2 Å². The van der Waals surface area contributed by atoms with E-state index in [-0.39, 0.29) is 0 Å². The van der Waals surface area contributed by atoms with Crippen molar-refractivity contribution in [2.75, 3.05) is 5.75 Å². The van der Waals surface area contributed by atoms with Crippen LogP contribution in [-0.4, -0.2) is 5.75 Å². The van der Waals surface area contributed by atoms with Crippen molar-refractivity contribution in [3.63, 3.8) is 0 Å². The molecule has 0 aliphatic carbocycles. The molecule has 1 aromatic heterocycles. The highest BCUT2D eigenvalue weighted by molar-refractivity contribution is 7.99. The number of fused-ring (bicyclic) bond motifs is 1. The van der Waals surface area contributed by atoms with E-state index in [0.717, 1.165) is 28.1 Å². The van der Waals surface area contributed by atoms with E-state index in [1.54, 1.807) is 11.3 Å². The highest BCUT2D eigenvalue weighted by atomic mass is 35.5. The summed E-state index contributed by atoms with van der Waals surface area (Å²) < 4.78 is 0.847. The Morgan fingerprint density at radius 3 is 2.89 bits per heavy atom. The van der Waals surface area contributed by atoms with Gasteiger partial charge in [0.25, 0.3) is 0 Å². The van der Waals surface area contributed by atoms with Crippen molar-refractivity contribution in [1.29, 1.82) is 0 Å². The minimum atomic E-state index is 0.385. The van der Waals surface area contributed by atoms with Crippen LogP contribution in [0, 0.1) is 0 Å². The van der Waals surface area contributed by atoms with Crippen molar-refractivity contribution >= 4 is 46.3 Å². The quantitative estimate of drug-likeness (QED) is 0.811. The number of thiophene rings is 1. The summed E-state index contributed by atoms with van der Waals surface area (Å²) in [6.45, 7) is 0.860. The minimum Gasteiger partial charge on any atom is -0.305 e. The van der Waals surface area contributed by atoms with E-state index >= 15 is 0 Å². The van der Waals surface area contributed by atoms with Gasteiger partial charge in [0.15, 0.2) is 0 Å². The zero-order chi connectivity index (χ0) is 13.2. The molecule has 2 aromatic rings. The molecule has 0 amide bonds. The average molecular weight is 330 g/mol. The monoisotopic (exact) mass is 329 g/mol. The van der Waals surface area contributed by atoms with Crippen molar-refractivity contribution in [3.05, 3.63) is 50.1 Å². The van der Waals surface area contributed by atoms with Crippen molar-refractivity contribution in [1.82, 2.24) is 5.32 Å². The third-order valence-electron chi connectivity index (χ3n) is 3.16. The first kappa shape index (κ1) is 13.8. The molecule has 0 fully saturated rings. The second-order valence-electron chi connectivity index (χ2n) is 4.46. The van der Waals surface area contributed by atoms with Crippen molar-refractivity contribution in [3.8, 4) is 0 Å². The molecule has 1 aromatic carbocycles. The van der Waals surface area contributed by atoms with Gasteiger partial charge >= 0.3 is 0 Å². The van der Waals surface area contributed by atoms with Gasteiger partial charge in [-0.25, -0.2) is 0 Å². The normalized spacial score (nSPS) is 18.3. The molecule has 1 aliphatic rings. The van der Waals surface area contributed by atoms with Gasteiger partial charge in [-0.3, -0.25) is 0 Å². The van der Waals surface area contributed by atoms with Crippen LogP contribution in [0.1, 0.15) is 22.9 Å². The van der Waals surface area contributed by atoms with Gasteiger partial charge in [0.05, 0.1) is 4.34 Å². The predicted molar refractivity (Wildman–Crippen MR) is 85.7 cm³/mol. The van der Waals surface area contributed by atoms with E-state index < -0.39 is 0 Å². The van der Waals surface area contributed by atoms with Gasteiger partial charge in [-0.15, -0.1) is 23.1 Å². The van der Waals surface area contributed by atoms with Crippen molar-refractivity contribution in [2.24, 2.45) is 0 Å². The maximum atomic E-state index is 6.11. The van der Waals surface area contributed by atoms with E-state index in [0.29, 0.717) is 6.04 Å². The first-order valence-corrected chi connectivity index (χ1v) is 8.68. The minimum absolute atomic E-state index is 0.385. The molecule has 1 atom stereocenters. The third-order valence-corrected chi connectivity index (χ3v) is 5.75. The van der Waals surface area contributed by atoms with Gasteiger partial charge in [0, 0.05) is 27.4 Å². The summed E-state index contributed by atoms with van der Waals surface area (Å²) in [7, 11) is 0. The summed E-state index contributed by atoms with van der Waals surface area (Å²) in [4.78, 5) is 2.61. The lowest BCUT2D eigenvalue weighted by Crippen LogP contribution is -2.23. The fourth-order valence-corrected chi connectivity index (χ4v) is 4.57. The number of rotatable bonds is 3. The highest BCUT2D eigenvalue weighted by Crippen LogP contribution is 2.37. The van der Waals surface area contributed by atoms with Crippen LogP contribution in [0.25, 0.3) is 0 Å². The Morgan fingerprint density at radius 2 is 2.11 bits per heavy atom. The third kappa shape index (κ3) is 3.29. The van der Waals surface area contributed by atoms with Gasteiger partial charge < -0.3 is 5.32 Å². The zero-order valence-corrected chi connectivity index (χ0v) is 13.3. The summed E-state index contributed by atoms with van der Waals surface area (Å²) in [5.41, 5.74) is 1.33. The Labute approximate surface area is 131 Å². The topological polar surface area (TPSA) is 12.0 Å². The highest BCUT2D eigenvalue weighted by Gasteiger charge is 2.20. The Hall–Kier alpha value is -0.190. The molecular formula is C14H13Cl2NS2. The lowest BCUT2D eigenvalue weighted by molar-refractivity contribution is 0.513. The molecule has 100 valence electrons. The average Bonchev–Trinajstić information content (AvgIpc) is 2.82. The second-order valence-corrected chi connectivity index (χ2v) is 7.83. The number of halogens is 2. The smallest absolute Gasteiger partial charge is 0.0931 e. The Morgan fingerprint density at radius 1 is 1.21 bits per heavy atom.